The Morgan fingerprint density at radius 3 is 2.50 bits per heavy atom. The summed E-state index contributed by atoms with van der Waals surface area (Å²) in [4.78, 5) is 0. The molecular weight excluding hydrogens is 250 g/mol. The van der Waals surface area contributed by atoms with Crippen molar-refractivity contribution in [2.75, 3.05) is 13.7 Å². The lowest BCUT2D eigenvalue weighted by Crippen LogP contribution is -2.34. The third-order valence-electron chi connectivity index (χ3n) is 5.06. The first kappa shape index (κ1) is 13.7. The van der Waals surface area contributed by atoms with Gasteiger partial charge in [-0.1, -0.05) is 25.0 Å². The maximum atomic E-state index is 6.26. The van der Waals surface area contributed by atoms with Gasteiger partial charge in [-0.05, 0) is 38.2 Å². The van der Waals surface area contributed by atoms with Crippen molar-refractivity contribution in [3.8, 4) is 11.5 Å². The van der Waals surface area contributed by atoms with E-state index in [1.54, 1.807) is 7.11 Å². The molecule has 3 heteroatoms. The van der Waals surface area contributed by atoms with Crippen LogP contribution in [-0.4, -0.2) is 19.8 Å². The van der Waals surface area contributed by atoms with Gasteiger partial charge in [0, 0.05) is 17.5 Å². The van der Waals surface area contributed by atoms with Gasteiger partial charge in [-0.25, -0.2) is 0 Å². The fraction of sp³-hybridized carbons (Fsp3) is 0.647. The van der Waals surface area contributed by atoms with E-state index >= 15 is 0 Å². The van der Waals surface area contributed by atoms with E-state index < -0.39 is 0 Å². The van der Waals surface area contributed by atoms with Crippen LogP contribution in [0.25, 0.3) is 0 Å². The van der Waals surface area contributed by atoms with Gasteiger partial charge in [-0.2, -0.15) is 0 Å². The van der Waals surface area contributed by atoms with Crippen LogP contribution in [0.15, 0.2) is 18.2 Å². The Morgan fingerprint density at radius 1 is 1.20 bits per heavy atom. The zero-order valence-electron chi connectivity index (χ0n) is 12.4. The molecule has 3 nitrogen and oxygen atoms in total. The lowest BCUT2D eigenvalue weighted by atomic mass is 9.78. The third-order valence-corrected chi connectivity index (χ3v) is 5.06. The van der Waals surface area contributed by atoms with Crippen molar-refractivity contribution >= 4 is 0 Å². The average molecular weight is 275 g/mol. The number of para-hydroxylation sites is 1. The number of methoxy groups -OCH3 is 1. The van der Waals surface area contributed by atoms with Crippen LogP contribution in [0, 0.1) is 0 Å². The van der Waals surface area contributed by atoms with Crippen LogP contribution in [0.2, 0.25) is 0 Å². The van der Waals surface area contributed by atoms with Gasteiger partial charge >= 0.3 is 0 Å². The highest BCUT2D eigenvalue weighted by molar-refractivity contribution is 5.51. The Kier molecular flexibility index (Phi) is 3.88. The first-order valence-electron chi connectivity index (χ1n) is 7.83. The summed E-state index contributed by atoms with van der Waals surface area (Å²) in [6, 6.07) is 6.25. The molecule has 20 heavy (non-hydrogen) atoms. The number of ether oxygens (including phenoxy) is 2. The van der Waals surface area contributed by atoms with E-state index in [1.807, 2.05) is 6.07 Å². The molecule has 0 saturated heterocycles. The minimum absolute atomic E-state index is 0.0909. The van der Waals surface area contributed by atoms with Gasteiger partial charge in [0.05, 0.1) is 13.2 Å². The molecule has 1 aromatic rings. The molecule has 3 rings (SSSR count). The fourth-order valence-corrected chi connectivity index (χ4v) is 3.51. The molecule has 0 spiro atoms. The van der Waals surface area contributed by atoms with E-state index in [0.29, 0.717) is 12.6 Å². The van der Waals surface area contributed by atoms with Crippen molar-refractivity contribution in [1.82, 2.24) is 0 Å². The highest BCUT2D eigenvalue weighted by Crippen LogP contribution is 2.47. The van der Waals surface area contributed by atoms with Crippen LogP contribution in [0.1, 0.15) is 50.5 Å². The molecular formula is C17H25NO2. The van der Waals surface area contributed by atoms with E-state index in [-0.39, 0.29) is 5.41 Å². The molecule has 0 bridgehead atoms. The third kappa shape index (κ3) is 2.28. The highest BCUT2D eigenvalue weighted by Gasteiger charge is 2.38. The van der Waals surface area contributed by atoms with E-state index in [1.165, 1.54) is 24.8 Å². The predicted molar refractivity (Wildman–Crippen MR) is 80.5 cm³/mol. The van der Waals surface area contributed by atoms with Crippen LogP contribution in [-0.2, 0) is 5.41 Å². The monoisotopic (exact) mass is 275 g/mol. The van der Waals surface area contributed by atoms with Gasteiger partial charge in [0.15, 0.2) is 11.5 Å². The number of benzene rings is 1. The molecule has 0 amide bonds. The molecule has 0 heterocycles. The summed E-state index contributed by atoms with van der Waals surface area (Å²) < 4.78 is 11.8. The molecule has 0 aromatic heterocycles. The second-order valence-corrected chi connectivity index (χ2v) is 6.20. The standard InChI is InChI=1S/C17H25NO2/c1-19-15-9-5-8-14(16(15)20-13-6-4-7-13)17(12-18)10-2-3-11-17/h5,8-9,13H,2-4,6-7,10-12,18H2,1H3. The predicted octanol–water partition coefficient (Wildman–Crippen LogP) is 3.40. The normalized spacial score (nSPS) is 21.5. The fourth-order valence-electron chi connectivity index (χ4n) is 3.51. The molecule has 110 valence electrons. The molecule has 0 atom stereocenters. The Labute approximate surface area is 121 Å². The van der Waals surface area contributed by atoms with Gasteiger partial charge in [0.25, 0.3) is 0 Å². The molecule has 2 N–H and O–H groups in total. The molecule has 0 aliphatic heterocycles. The van der Waals surface area contributed by atoms with Crippen LogP contribution in [0.4, 0.5) is 0 Å². The van der Waals surface area contributed by atoms with Crippen molar-refractivity contribution in [1.29, 1.82) is 0 Å². The lowest BCUT2D eigenvalue weighted by Gasteiger charge is -2.34. The van der Waals surface area contributed by atoms with Crippen molar-refractivity contribution < 1.29 is 9.47 Å². The SMILES string of the molecule is COc1cccc(C2(CN)CCCC2)c1OC1CCC1. The highest BCUT2D eigenvalue weighted by atomic mass is 16.5. The molecule has 2 saturated carbocycles. The first-order chi connectivity index (χ1) is 9.79. The Morgan fingerprint density at radius 2 is 1.95 bits per heavy atom. The van der Waals surface area contributed by atoms with E-state index in [9.17, 15) is 0 Å². The van der Waals surface area contributed by atoms with Gasteiger partial charge in [-0.3, -0.25) is 0 Å². The smallest absolute Gasteiger partial charge is 0.165 e. The second-order valence-electron chi connectivity index (χ2n) is 6.20. The van der Waals surface area contributed by atoms with Crippen LogP contribution in [0.3, 0.4) is 0 Å². The summed E-state index contributed by atoms with van der Waals surface area (Å²) in [5.41, 5.74) is 7.50. The Hall–Kier alpha value is -1.22. The average Bonchev–Trinajstić information content (AvgIpc) is 2.92. The number of nitrogens with two attached hydrogens (primary N) is 1. The molecule has 2 fully saturated rings. The number of hydrogen-bond donors (Lipinski definition) is 1. The summed E-state index contributed by atoms with van der Waals surface area (Å²) in [6.45, 7) is 0.696. The molecule has 1 aromatic carbocycles. The van der Waals surface area contributed by atoms with E-state index in [0.717, 1.165) is 37.2 Å². The van der Waals surface area contributed by atoms with Gasteiger partial charge in [0.1, 0.15) is 0 Å². The van der Waals surface area contributed by atoms with Crippen molar-refractivity contribution in [3.63, 3.8) is 0 Å². The number of rotatable bonds is 5. The first-order valence-corrected chi connectivity index (χ1v) is 7.83. The summed E-state index contributed by atoms with van der Waals surface area (Å²) in [6.07, 6.45) is 8.81. The van der Waals surface area contributed by atoms with Crippen LogP contribution >= 0.6 is 0 Å². The molecule has 2 aliphatic carbocycles. The molecule has 2 aliphatic rings. The second kappa shape index (κ2) is 5.65. The zero-order chi connectivity index (χ0) is 14.0. The van der Waals surface area contributed by atoms with E-state index in [2.05, 4.69) is 12.1 Å². The van der Waals surface area contributed by atoms with E-state index in [4.69, 9.17) is 15.2 Å². The summed E-state index contributed by atoms with van der Waals surface area (Å²) in [5, 5.41) is 0. The quantitative estimate of drug-likeness (QED) is 0.895. The minimum Gasteiger partial charge on any atom is -0.493 e. The maximum absolute atomic E-state index is 6.26. The van der Waals surface area contributed by atoms with Crippen molar-refractivity contribution in [3.05, 3.63) is 23.8 Å². The van der Waals surface area contributed by atoms with Gasteiger partial charge in [-0.15, -0.1) is 0 Å². The van der Waals surface area contributed by atoms with Crippen molar-refractivity contribution in [2.45, 2.75) is 56.5 Å². The van der Waals surface area contributed by atoms with Gasteiger partial charge in [0.2, 0.25) is 0 Å². The lowest BCUT2D eigenvalue weighted by molar-refractivity contribution is 0.112. The Balaban J connectivity index is 1.99. The summed E-state index contributed by atoms with van der Waals surface area (Å²) in [5.74, 6) is 1.81. The maximum Gasteiger partial charge on any atom is 0.165 e. The topological polar surface area (TPSA) is 44.5 Å². The summed E-state index contributed by atoms with van der Waals surface area (Å²) in [7, 11) is 1.72. The van der Waals surface area contributed by atoms with Crippen LogP contribution < -0.4 is 15.2 Å². The number of hydrogen-bond acceptors (Lipinski definition) is 3. The largest absolute Gasteiger partial charge is 0.493 e. The van der Waals surface area contributed by atoms with Crippen LogP contribution in [0.5, 0.6) is 11.5 Å². The van der Waals surface area contributed by atoms with Gasteiger partial charge < -0.3 is 15.2 Å². The minimum atomic E-state index is 0.0909. The van der Waals surface area contributed by atoms with Crippen molar-refractivity contribution in [2.24, 2.45) is 5.73 Å². The summed E-state index contributed by atoms with van der Waals surface area (Å²) >= 11 is 0. The Bertz CT molecular complexity index is 462. The zero-order valence-corrected chi connectivity index (χ0v) is 12.4. The molecule has 0 unspecified atom stereocenters. The molecule has 0 radical (unpaired) electrons.